The Balaban J connectivity index is 1.12. The third-order valence-electron chi connectivity index (χ3n) is 13.6. The van der Waals surface area contributed by atoms with Gasteiger partial charge in [-0.1, -0.05) is 47.4 Å². The lowest BCUT2D eigenvalue weighted by atomic mass is 9.55. The van der Waals surface area contributed by atoms with Crippen molar-refractivity contribution in [2.45, 2.75) is 173 Å². The van der Waals surface area contributed by atoms with Crippen LogP contribution in [0.1, 0.15) is 137 Å². The molecule has 0 aromatic heterocycles. The first-order chi connectivity index (χ1) is 30.0. The summed E-state index contributed by atoms with van der Waals surface area (Å²) in [7, 11) is 4.39. The van der Waals surface area contributed by atoms with Crippen LogP contribution in [-0.4, -0.2) is 116 Å². The molecule has 1 aromatic rings. The lowest BCUT2D eigenvalue weighted by molar-refractivity contribution is -0.374. The zero-order valence-electron chi connectivity index (χ0n) is 39.8. The van der Waals surface area contributed by atoms with Gasteiger partial charge in [-0.15, -0.1) is 0 Å². The third kappa shape index (κ3) is 15.2. The Bertz CT molecular complexity index is 1580. The van der Waals surface area contributed by atoms with E-state index in [9.17, 15) is 26.3 Å². The van der Waals surface area contributed by atoms with Gasteiger partial charge in [0, 0.05) is 35.7 Å². The number of hydrogen-bond acceptors (Lipinski definition) is 9. The molecule has 17 heteroatoms. The highest BCUT2D eigenvalue weighted by atomic mass is 33.1. The highest BCUT2D eigenvalue weighted by molar-refractivity contribution is 8.77. The normalized spacial score (nSPS) is 23.4. The molecule has 0 amide bonds. The van der Waals surface area contributed by atoms with E-state index in [1.54, 1.807) is 11.9 Å². The van der Waals surface area contributed by atoms with Crippen LogP contribution in [0.25, 0.3) is 4.85 Å². The Morgan fingerprint density at radius 2 is 1.53 bits per heavy atom. The summed E-state index contributed by atoms with van der Waals surface area (Å²) in [6.45, 7) is 24.7. The third-order valence-corrected chi connectivity index (χ3v) is 19.1. The Morgan fingerprint density at radius 1 is 0.859 bits per heavy atom. The molecule has 4 unspecified atom stereocenters. The minimum atomic E-state index is -5.57. The van der Waals surface area contributed by atoms with Crippen molar-refractivity contribution < 1.29 is 49.6 Å². The van der Waals surface area contributed by atoms with Crippen molar-refractivity contribution >= 4 is 30.1 Å². The summed E-state index contributed by atoms with van der Waals surface area (Å²) in [4.78, 5) is 5.07. The maximum absolute atomic E-state index is 13.2. The van der Waals surface area contributed by atoms with Crippen molar-refractivity contribution in [3.05, 3.63) is 40.7 Å². The summed E-state index contributed by atoms with van der Waals surface area (Å²) in [5.74, 6) is 3.70. The first-order valence-electron chi connectivity index (χ1n) is 23.4. The molecule has 368 valence electrons. The van der Waals surface area contributed by atoms with Gasteiger partial charge in [-0.2, -0.15) is 26.3 Å². The molecule has 3 aliphatic rings. The maximum Gasteiger partial charge on any atom is 0.426 e. The van der Waals surface area contributed by atoms with E-state index in [0.29, 0.717) is 69.4 Å². The Hall–Kier alpha value is -1.02. The van der Waals surface area contributed by atoms with Gasteiger partial charge >= 0.3 is 12.4 Å². The molecule has 3 aliphatic carbocycles. The average Bonchev–Trinajstić information content (AvgIpc) is 3.54. The first kappa shape index (κ1) is 55.6. The lowest BCUT2D eigenvalue weighted by Crippen LogP contribution is -2.57. The molecule has 8 nitrogen and oxygen atoms in total. The number of ether oxygens (including phenoxy) is 3. The van der Waals surface area contributed by atoms with Crippen molar-refractivity contribution in [3.63, 3.8) is 0 Å². The van der Waals surface area contributed by atoms with Crippen molar-refractivity contribution in [2.24, 2.45) is 17.3 Å². The Kier molecular flexibility index (Phi) is 21.7. The summed E-state index contributed by atoms with van der Waals surface area (Å²) in [5, 5.41) is 0. The zero-order valence-corrected chi connectivity index (χ0v) is 42.3. The molecular formula is C47H76F6N3O5PS2. The summed E-state index contributed by atoms with van der Waals surface area (Å²) in [6, 6.07) is 7.34. The van der Waals surface area contributed by atoms with Gasteiger partial charge in [-0.25, -0.2) is 11.2 Å². The number of unbranched alkanes of at least 4 members (excludes halogenated alkanes) is 3. The summed E-state index contributed by atoms with van der Waals surface area (Å²) in [6.07, 6.45) is 0.724. The molecule has 0 bridgehead atoms. The molecule has 0 heterocycles. The number of hydrogen-bond donors (Lipinski definition) is 0. The van der Waals surface area contributed by atoms with Gasteiger partial charge in [0.15, 0.2) is 0 Å². The van der Waals surface area contributed by atoms with E-state index in [1.807, 2.05) is 21.6 Å². The number of aryl methyl sites for hydroxylation is 1. The minimum Gasteiger partial charge on any atom is -0.494 e. The van der Waals surface area contributed by atoms with Crippen LogP contribution in [0, 0.1) is 23.8 Å². The van der Waals surface area contributed by atoms with Crippen LogP contribution in [-0.2, 0) is 24.9 Å². The molecule has 4 rings (SSSR count). The molecule has 2 fully saturated rings. The number of nitrogens with zero attached hydrogens (tertiary/aromatic N) is 3. The van der Waals surface area contributed by atoms with E-state index in [2.05, 4.69) is 80.9 Å². The first-order valence-corrected chi connectivity index (χ1v) is 26.8. The van der Waals surface area contributed by atoms with Gasteiger partial charge < -0.3 is 33.0 Å². The fourth-order valence-electron chi connectivity index (χ4n) is 9.79. The molecule has 0 aliphatic heterocycles. The predicted molar refractivity (Wildman–Crippen MR) is 250 cm³/mol. The number of alkyl halides is 6. The number of likely N-dealkylation sites (N-methyl/N-ethyl adjacent to an activating group) is 1. The molecule has 6 atom stereocenters. The summed E-state index contributed by atoms with van der Waals surface area (Å²) >= 11 is 0. The van der Waals surface area contributed by atoms with E-state index in [0.717, 1.165) is 69.3 Å². The molecular weight excluding hydrogens is 896 g/mol. The monoisotopic (exact) mass is 971 g/mol. The second kappa shape index (κ2) is 25.0. The number of halogens is 6. The fraction of sp³-hybridized carbons (Fsp3) is 0.851. The van der Waals surface area contributed by atoms with Gasteiger partial charge in [0.05, 0.1) is 32.5 Å². The fourth-order valence-corrected chi connectivity index (χ4v) is 14.1. The van der Waals surface area contributed by atoms with E-state index in [4.69, 9.17) is 25.1 Å². The molecule has 0 spiro atoms. The van der Waals surface area contributed by atoms with Crippen molar-refractivity contribution in [1.29, 1.82) is 0 Å². The largest absolute Gasteiger partial charge is 0.494 e. The number of benzene rings is 1. The van der Waals surface area contributed by atoms with Gasteiger partial charge in [0.2, 0.25) is 6.54 Å². The molecule has 64 heavy (non-hydrogen) atoms. The highest BCUT2D eigenvalue weighted by Crippen LogP contribution is 2.61. The van der Waals surface area contributed by atoms with Gasteiger partial charge in [-0.3, -0.25) is 0 Å². The Labute approximate surface area is 389 Å². The second-order valence-corrected chi connectivity index (χ2v) is 24.0. The molecule has 1 aromatic carbocycles. The van der Waals surface area contributed by atoms with Gasteiger partial charge in [0.1, 0.15) is 12.4 Å². The predicted octanol–water partition coefficient (Wildman–Crippen LogP) is 13.5. The van der Waals surface area contributed by atoms with Gasteiger partial charge in [-0.05, 0) is 160 Å². The SMILES string of the molecule is [C-]#[N+]CCOP(OCCCCCCSSC(C)(C)CCOc1ccc2c(c1)CCC1C2CC[C@@]2(C)C1CC[C@@H]2OCCN(C)CCOC(C)(C(F)(F)F)C(F)(F)F)N(C(C)C)C(C)C. The molecule has 0 saturated heterocycles. The van der Waals surface area contributed by atoms with E-state index in [-0.39, 0.29) is 29.7 Å². The van der Waals surface area contributed by atoms with Crippen LogP contribution < -0.4 is 4.74 Å². The van der Waals surface area contributed by atoms with E-state index in [1.165, 1.54) is 24.0 Å². The van der Waals surface area contributed by atoms with Crippen molar-refractivity contribution in [1.82, 2.24) is 9.57 Å². The van der Waals surface area contributed by atoms with Crippen LogP contribution >= 0.6 is 30.1 Å². The van der Waals surface area contributed by atoms with Crippen molar-refractivity contribution in [3.8, 4) is 5.75 Å². The summed E-state index contributed by atoms with van der Waals surface area (Å²) in [5.41, 5.74) is -1.31. The number of fused-ring (bicyclic) bond motifs is 5. The lowest BCUT2D eigenvalue weighted by Gasteiger charge is -2.50. The van der Waals surface area contributed by atoms with E-state index >= 15 is 0 Å². The van der Waals surface area contributed by atoms with Gasteiger partial charge in [0.25, 0.3) is 14.1 Å². The van der Waals surface area contributed by atoms with Crippen LogP contribution in [0.4, 0.5) is 26.3 Å². The highest BCUT2D eigenvalue weighted by Gasteiger charge is 2.69. The summed E-state index contributed by atoms with van der Waals surface area (Å²) < 4.78 is 111. The molecule has 2 saturated carbocycles. The molecule has 0 radical (unpaired) electrons. The second-order valence-electron chi connectivity index (χ2n) is 19.5. The minimum absolute atomic E-state index is 0.0360. The smallest absolute Gasteiger partial charge is 0.426 e. The maximum atomic E-state index is 13.2. The standard InChI is InChI=1S/C47H76F6N3O5PS2/c1-34(2)56(35(3)4)62(61-29-24-54-9)60-27-13-11-12-14-32-63-64-43(5,6)23-28-57-37-16-18-38-36(33-37)15-17-40-39(38)21-22-44(7)41(40)19-20-42(44)58-30-25-55(10)26-31-59-45(8,46(48,49)50)47(51,52)53/h16,18,33-35,39-42H,11-15,17,19-32H2,1-8,10H3/t39?,40?,41?,42-,44-,62?/m0/s1. The van der Waals surface area contributed by atoms with Crippen LogP contribution in [0.5, 0.6) is 5.75 Å². The van der Waals surface area contributed by atoms with Crippen molar-refractivity contribution in [2.75, 3.05) is 65.5 Å². The zero-order chi connectivity index (χ0) is 47.3. The Morgan fingerprint density at radius 3 is 2.20 bits per heavy atom. The van der Waals surface area contributed by atoms with Crippen LogP contribution in [0.15, 0.2) is 18.2 Å². The molecule has 0 N–H and O–H groups in total. The number of rotatable bonds is 28. The van der Waals surface area contributed by atoms with E-state index < -0.39 is 33.1 Å². The van der Waals surface area contributed by atoms with Crippen LogP contribution in [0.2, 0.25) is 0 Å². The van der Waals surface area contributed by atoms with Crippen LogP contribution in [0.3, 0.4) is 0 Å². The average molecular weight is 972 g/mol. The topological polar surface area (TPSA) is 57.0 Å². The quantitative estimate of drug-likeness (QED) is 0.0269.